The van der Waals surface area contributed by atoms with Gasteiger partial charge in [-0.2, -0.15) is 5.10 Å². The van der Waals surface area contributed by atoms with Crippen LogP contribution in [0.25, 0.3) is 5.69 Å². The minimum absolute atomic E-state index is 0.234. The lowest BCUT2D eigenvalue weighted by Crippen LogP contribution is -2.01. The maximum atomic E-state index is 10.8. The van der Waals surface area contributed by atoms with Gasteiger partial charge >= 0.3 is 0 Å². The highest BCUT2D eigenvalue weighted by Crippen LogP contribution is 2.15. The third-order valence-electron chi connectivity index (χ3n) is 2.38. The molecule has 0 N–H and O–H groups in total. The molecule has 0 aliphatic carbocycles. The molecule has 1 aromatic heterocycles. The molecule has 6 heteroatoms. The van der Waals surface area contributed by atoms with E-state index in [-0.39, 0.29) is 4.90 Å². The van der Waals surface area contributed by atoms with Gasteiger partial charge in [0, 0.05) is 5.69 Å². The third kappa shape index (κ3) is 2.37. The first-order chi connectivity index (χ1) is 7.88. The quantitative estimate of drug-likeness (QED) is 0.756. The number of hydrogen-bond acceptors (Lipinski definition) is 4. The lowest BCUT2D eigenvalue weighted by atomic mass is 10.3. The predicted molar refractivity (Wildman–Crippen MR) is 61.0 cm³/mol. The second kappa shape index (κ2) is 3.97. The minimum Gasteiger partial charge on any atom is -0.744 e. The van der Waals surface area contributed by atoms with Crippen LogP contribution in [0.5, 0.6) is 0 Å². The highest BCUT2D eigenvalue weighted by molar-refractivity contribution is 7.85. The molecule has 90 valence electrons. The van der Waals surface area contributed by atoms with Gasteiger partial charge in [0.1, 0.15) is 10.1 Å². The molecule has 0 bridgehead atoms. The average molecular weight is 251 g/mol. The summed E-state index contributed by atoms with van der Waals surface area (Å²) in [6.45, 7) is 3.78. The van der Waals surface area contributed by atoms with Crippen molar-refractivity contribution in [3.05, 3.63) is 41.7 Å². The van der Waals surface area contributed by atoms with Crippen LogP contribution >= 0.6 is 0 Å². The van der Waals surface area contributed by atoms with Crippen LogP contribution < -0.4 is 0 Å². The summed E-state index contributed by atoms with van der Waals surface area (Å²) in [5.74, 6) is 0. The van der Waals surface area contributed by atoms with Crippen molar-refractivity contribution in [2.75, 3.05) is 0 Å². The van der Waals surface area contributed by atoms with Gasteiger partial charge < -0.3 is 4.55 Å². The molecule has 1 aromatic carbocycles. The molecule has 2 aromatic rings. The average Bonchev–Trinajstić information content (AvgIpc) is 2.57. The molecule has 0 saturated heterocycles. The Hall–Kier alpha value is -1.66. The van der Waals surface area contributed by atoms with Gasteiger partial charge in [-0.1, -0.05) is 0 Å². The maximum Gasteiger partial charge on any atom is 0.124 e. The molecule has 0 atom stereocenters. The van der Waals surface area contributed by atoms with Crippen molar-refractivity contribution in [3.8, 4) is 5.69 Å². The van der Waals surface area contributed by atoms with Gasteiger partial charge in [0.05, 0.1) is 16.3 Å². The Kier molecular flexibility index (Phi) is 2.76. The highest BCUT2D eigenvalue weighted by atomic mass is 32.2. The number of aromatic nitrogens is 2. The van der Waals surface area contributed by atoms with E-state index in [0.29, 0.717) is 0 Å². The topological polar surface area (TPSA) is 75.0 Å². The summed E-state index contributed by atoms with van der Waals surface area (Å²) in [7, 11) is -4.39. The van der Waals surface area contributed by atoms with Crippen molar-refractivity contribution in [2.45, 2.75) is 18.7 Å². The normalized spacial score (nSPS) is 11.7. The molecule has 1 heterocycles. The molecular weight excluding hydrogens is 240 g/mol. The number of rotatable bonds is 2. The van der Waals surface area contributed by atoms with E-state index in [0.717, 1.165) is 17.1 Å². The zero-order chi connectivity index (χ0) is 12.6. The molecule has 5 nitrogen and oxygen atoms in total. The molecular formula is C11H11N2O3S-. The Morgan fingerprint density at radius 2 is 1.76 bits per heavy atom. The molecule has 0 aliphatic heterocycles. The molecule has 0 amide bonds. The zero-order valence-electron chi connectivity index (χ0n) is 9.41. The summed E-state index contributed by atoms with van der Waals surface area (Å²) in [4.78, 5) is -0.234. The Morgan fingerprint density at radius 3 is 2.18 bits per heavy atom. The van der Waals surface area contributed by atoms with Gasteiger partial charge in [0.25, 0.3) is 0 Å². The van der Waals surface area contributed by atoms with E-state index in [1.165, 1.54) is 12.1 Å². The van der Waals surface area contributed by atoms with Gasteiger partial charge in [-0.25, -0.2) is 13.1 Å². The van der Waals surface area contributed by atoms with Crippen LogP contribution in [-0.2, 0) is 10.1 Å². The first-order valence-corrected chi connectivity index (χ1v) is 6.38. The van der Waals surface area contributed by atoms with Crippen molar-refractivity contribution in [3.63, 3.8) is 0 Å². The number of hydrogen-bond donors (Lipinski definition) is 0. The lowest BCUT2D eigenvalue weighted by Gasteiger charge is -2.08. The van der Waals surface area contributed by atoms with Crippen molar-refractivity contribution in [2.24, 2.45) is 0 Å². The molecule has 0 aliphatic rings. The van der Waals surface area contributed by atoms with Crippen molar-refractivity contribution in [1.29, 1.82) is 0 Å². The van der Waals surface area contributed by atoms with Crippen LogP contribution in [0.1, 0.15) is 11.4 Å². The van der Waals surface area contributed by atoms with Gasteiger partial charge in [-0.3, -0.25) is 0 Å². The Morgan fingerprint density at radius 1 is 1.18 bits per heavy atom. The van der Waals surface area contributed by atoms with Crippen molar-refractivity contribution >= 4 is 10.1 Å². The van der Waals surface area contributed by atoms with E-state index in [2.05, 4.69) is 5.10 Å². The third-order valence-corrected chi connectivity index (χ3v) is 3.23. The Bertz CT molecular complexity index is 642. The predicted octanol–water partition coefficient (Wildman–Crippen LogP) is 1.39. The smallest absolute Gasteiger partial charge is 0.124 e. The van der Waals surface area contributed by atoms with Gasteiger partial charge in [-0.05, 0) is 44.2 Å². The van der Waals surface area contributed by atoms with E-state index in [1.54, 1.807) is 16.8 Å². The van der Waals surface area contributed by atoms with E-state index in [9.17, 15) is 13.0 Å². The molecule has 0 radical (unpaired) electrons. The molecule has 0 saturated carbocycles. The fourth-order valence-corrected chi connectivity index (χ4v) is 2.11. The molecule has 2 rings (SSSR count). The van der Waals surface area contributed by atoms with Crippen LogP contribution in [0.4, 0.5) is 0 Å². The summed E-state index contributed by atoms with van der Waals surface area (Å²) in [5.41, 5.74) is 2.55. The van der Waals surface area contributed by atoms with Crippen LogP contribution in [-0.4, -0.2) is 22.8 Å². The molecule has 17 heavy (non-hydrogen) atoms. The summed E-state index contributed by atoms with van der Waals surface area (Å²) in [6, 6.07) is 7.61. The molecule has 0 spiro atoms. The number of nitrogens with zero attached hydrogens (tertiary/aromatic N) is 2. The standard InChI is InChI=1S/C11H12N2O3S/c1-8-7-9(2)13(12-8)10-3-5-11(6-4-10)17(14,15)16/h3-7H,1-2H3,(H,14,15,16)/p-1. The van der Waals surface area contributed by atoms with Crippen molar-refractivity contribution in [1.82, 2.24) is 9.78 Å². The van der Waals surface area contributed by atoms with E-state index in [4.69, 9.17) is 0 Å². The van der Waals surface area contributed by atoms with Crippen molar-refractivity contribution < 1.29 is 13.0 Å². The van der Waals surface area contributed by atoms with Crippen LogP contribution in [0.3, 0.4) is 0 Å². The van der Waals surface area contributed by atoms with Gasteiger partial charge in [0.15, 0.2) is 0 Å². The number of aryl methyl sites for hydroxylation is 2. The summed E-state index contributed by atoms with van der Waals surface area (Å²) < 4.78 is 34.0. The Balaban J connectivity index is 2.46. The fraction of sp³-hybridized carbons (Fsp3) is 0.182. The van der Waals surface area contributed by atoms with E-state index >= 15 is 0 Å². The first-order valence-electron chi connectivity index (χ1n) is 4.97. The second-order valence-electron chi connectivity index (χ2n) is 3.79. The van der Waals surface area contributed by atoms with Gasteiger partial charge in [0.2, 0.25) is 0 Å². The van der Waals surface area contributed by atoms with E-state index in [1.807, 2.05) is 19.9 Å². The summed E-state index contributed by atoms with van der Waals surface area (Å²) in [6.07, 6.45) is 0. The SMILES string of the molecule is Cc1cc(C)n(-c2ccc(S(=O)(=O)[O-])cc2)n1. The largest absolute Gasteiger partial charge is 0.744 e. The van der Waals surface area contributed by atoms with Crippen LogP contribution in [0.2, 0.25) is 0 Å². The fourth-order valence-electron chi connectivity index (χ4n) is 1.64. The van der Waals surface area contributed by atoms with Gasteiger partial charge in [-0.15, -0.1) is 0 Å². The maximum absolute atomic E-state index is 10.8. The Labute approximate surface area is 99.5 Å². The first kappa shape index (κ1) is 11.8. The molecule has 0 unspecified atom stereocenters. The van der Waals surface area contributed by atoms with E-state index < -0.39 is 10.1 Å². The summed E-state index contributed by atoms with van der Waals surface area (Å²) in [5, 5.41) is 4.26. The highest BCUT2D eigenvalue weighted by Gasteiger charge is 2.05. The zero-order valence-corrected chi connectivity index (χ0v) is 10.2. The minimum atomic E-state index is -4.39. The summed E-state index contributed by atoms with van der Waals surface area (Å²) >= 11 is 0. The lowest BCUT2D eigenvalue weighted by molar-refractivity contribution is 0.463. The molecule has 0 fully saturated rings. The monoisotopic (exact) mass is 251 g/mol. The van der Waals surface area contributed by atoms with Crippen LogP contribution in [0, 0.1) is 13.8 Å². The number of benzene rings is 1. The second-order valence-corrected chi connectivity index (χ2v) is 5.17. The van der Waals surface area contributed by atoms with Crippen LogP contribution in [0.15, 0.2) is 35.2 Å².